The normalized spacial score (nSPS) is 12.6. The highest BCUT2D eigenvalue weighted by molar-refractivity contribution is 7.20. The molecule has 142 valence electrons. The summed E-state index contributed by atoms with van der Waals surface area (Å²) in [7, 11) is 0. The summed E-state index contributed by atoms with van der Waals surface area (Å²) in [5, 5.41) is 2.28. The molecule has 0 aliphatic heterocycles. The molecule has 0 saturated heterocycles. The first-order chi connectivity index (χ1) is 13.3. The van der Waals surface area contributed by atoms with Gasteiger partial charge in [0, 0.05) is 6.20 Å². The van der Waals surface area contributed by atoms with Crippen molar-refractivity contribution in [1.82, 2.24) is 19.7 Å². The van der Waals surface area contributed by atoms with Gasteiger partial charge in [-0.1, -0.05) is 29.5 Å². The van der Waals surface area contributed by atoms with E-state index in [0.29, 0.717) is 5.52 Å². The number of aromatic nitrogens is 4. The van der Waals surface area contributed by atoms with Gasteiger partial charge in [-0.2, -0.15) is 17.9 Å². The first kappa shape index (κ1) is 18.1. The Morgan fingerprint density at radius 3 is 2.61 bits per heavy atom. The zero-order valence-electron chi connectivity index (χ0n) is 14.4. The number of rotatable bonds is 3. The molecule has 0 saturated carbocycles. The lowest BCUT2D eigenvalue weighted by molar-refractivity contribution is -0.141. The SMILES string of the molecule is CC(=Nc1ccccn1)c1c(C(F)(F)F)[nH]n(-c2nc3ccccc3s2)c1=O. The van der Waals surface area contributed by atoms with E-state index in [2.05, 4.69) is 20.1 Å². The fraction of sp³-hybridized carbons (Fsp3) is 0.111. The van der Waals surface area contributed by atoms with Gasteiger partial charge >= 0.3 is 6.18 Å². The van der Waals surface area contributed by atoms with Crippen LogP contribution >= 0.6 is 11.3 Å². The molecule has 0 radical (unpaired) electrons. The lowest BCUT2D eigenvalue weighted by Gasteiger charge is -2.06. The van der Waals surface area contributed by atoms with Crippen molar-refractivity contribution in [3.8, 4) is 5.13 Å². The van der Waals surface area contributed by atoms with E-state index in [9.17, 15) is 18.0 Å². The molecule has 0 unspecified atom stereocenters. The summed E-state index contributed by atoms with van der Waals surface area (Å²) in [6.45, 7) is 1.34. The standard InChI is InChI=1S/C18H12F3N5OS/c1-10(23-13-8-4-5-9-22-13)14-15(18(19,20)21)25-26(16(14)27)17-24-11-6-2-3-7-12(11)28-17/h2-9,25H,1H3. The molecule has 3 heterocycles. The van der Waals surface area contributed by atoms with Gasteiger partial charge in [0.25, 0.3) is 5.56 Å². The van der Waals surface area contributed by atoms with Gasteiger partial charge in [0.2, 0.25) is 5.13 Å². The van der Waals surface area contributed by atoms with Crippen LogP contribution in [0, 0.1) is 0 Å². The molecule has 0 amide bonds. The number of aromatic amines is 1. The van der Waals surface area contributed by atoms with Crippen molar-refractivity contribution in [3.05, 3.63) is 70.3 Å². The maximum atomic E-state index is 13.6. The first-order valence-corrected chi connectivity index (χ1v) is 8.91. The minimum absolute atomic E-state index is 0.0906. The third-order valence-electron chi connectivity index (χ3n) is 3.94. The molecule has 0 bridgehead atoms. The first-order valence-electron chi connectivity index (χ1n) is 8.09. The Bertz CT molecular complexity index is 1200. The van der Waals surface area contributed by atoms with Gasteiger partial charge in [-0.25, -0.2) is 15.0 Å². The number of nitrogens with zero attached hydrogens (tertiary/aromatic N) is 4. The van der Waals surface area contributed by atoms with Crippen LogP contribution in [-0.2, 0) is 6.18 Å². The number of halogens is 3. The van der Waals surface area contributed by atoms with E-state index in [0.717, 1.165) is 20.7 Å². The molecule has 28 heavy (non-hydrogen) atoms. The van der Waals surface area contributed by atoms with Crippen molar-refractivity contribution in [2.45, 2.75) is 13.1 Å². The largest absolute Gasteiger partial charge is 0.433 e. The molecule has 0 aliphatic carbocycles. The fourth-order valence-corrected chi connectivity index (χ4v) is 3.64. The fourth-order valence-electron chi connectivity index (χ4n) is 2.72. The number of nitrogens with one attached hydrogen (secondary N) is 1. The second-order valence-electron chi connectivity index (χ2n) is 5.85. The van der Waals surface area contributed by atoms with E-state index < -0.39 is 23.0 Å². The molecule has 1 N–H and O–H groups in total. The topological polar surface area (TPSA) is 75.9 Å². The average Bonchev–Trinajstić information content (AvgIpc) is 3.23. The van der Waals surface area contributed by atoms with Gasteiger partial charge < -0.3 is 0 Å². The molecular weight excluding hydrogens is 391 g/mol. The molecule has 6 nitrogen and oxygen atoms in total. The quantitative estimate of drug-likeness (QED) is 0.518. The summed E-state index contributed by atoms with van der Waals surface area (Å²) < 4.78 is 42.3. The maximum absolute atomic E-state index is 13.6. The number of pyridine rings is 1. The number of aliphatic imine (C=N–C) groups is 1. The molecule has 10 heteroatoms. The van der Waals surface area contributed by atoms with Crippen LogP contribution < -0.4 is 5.56 Å². The second kappa shape index (κ2) is 6.71. The number of benzene rings is 1. The lowest BCUT2D eigenvalue weighted by atomic mass is 10.1. The minimum Gasteiger partial charge on any atom is -0.284 e. The van der Waals surface area contributed by atoms with Crippen molar-refractivity contribution in [2.75, 3.05) is 0 Å². The Morgan fingerprint density at radius 1 is 1.18 bits per heavy atom. The zero-order chi connectivity index (χ0) is 19.9. The van der Waals surface area contributed by atoms with Gasteiger partial charge in [-0.05, 0) is 31.2 Å². The van der Waals surface area contributed by atoms with Crippen LogP contribution in [0.3, 0.4) is 0 Å². The van der Waals surface area contributed by atoms with Crippen molar-refractivity contribution >= 4 is 33.1 Å². The number of alkyl halides is 3. The van der Waals surface area contributed by atoms with Gasteiger partial charge in [0.05, 0.1) is 21.5 Å². The van der Waals surface area contributed by atoms with Crippen LogP contribution in [0.2, 0.25) is 0 Å². The van der Waals surface area contributed by atoms with E-state index >= 15 is 0 Å². The number of para-hydroxylation sites is 1. The Kier molecular flexibility index (Phi) is 4.34. The zero-order valence-corrected chi connectivity index (χ0v) is 15.2. The Labute approximate surface area is 160 Å². The number of fused-ring (bicyclic) bond motifs is 1. The molecule has 0 fully saturated rings. The van der Waals surface area contributed by atoms with Crippen molar-refractivity contribution in [2.24, 2.45) is 4.99 Å². The molecule has 0 spiro atoms. The third kappa shape index (κ3) is 3.22. The number of hydrogen-bond donors (Lipinski definition) is 1. The Hall–Kier alpha value is -3.27. The van der Waals surface area contributed by atoms with Gasteiger partial charge in [0.1, 0.15) is 0 Å². The third-order valence-corrected chi connectivity index (χ3v) is 4.96. The lowest BCUT2D eigenvalue weighted by Crippen LogP contribution is -2.20. The average molecular weight is 403 g/mol. The van der Waals surface area contributed by atoms with Crippen LogP contribution in [-0.4, -0.2) is 25.5 Å². The summed E-state index contributed by atoms with van der Waals surface area (Å²) in [4.78, 5) is 25.1. The van der Waals surface area contributed by atoms with Gasteiger partial charge in [0.15, 0.2) is 11.5 Å². The number of hydrogen-bond acceptors (Lipinski definition) is 5. The Balaban J connectivity index is 1.91. The number of H-pyrrole nitrogens is 1. The van der Waals surface area contributed by atoms with E-state index in [1.165, 1.54) is 19.2 Å². The molecule has 4 aromatic rings. The highest BCUT2D eigenvalue weighted by Gasteiger charge is 2.39. The summed E-state index contributed by atoms with van der Waals surface area (Å²) >= 11 is 1.11. The molecule has 0 aliphatic rings. The van der Waals surface area contributed by atoms with Gasteiger partial charge in [-0.3, -0.25) is 9.89 Å². The van der Waals surface area contributed by atoms with Crippen LogP contribution in [0.1, 0.15) is 18.2 Å². The summed E-state index contributed by atoms with van der Waals surface area (Å²) in [5.41, 5.74) is -2.10. The predicted octanol–water partition coefficient (Wildman–Crippen LogP) is 4.33. The van der Waals surface area contributed by atoms with Crippen LogP contribution in [0.25, 0.3) is 15.3 Å². The van der Waals surface area contributed by atoms with Crippen molar-refractivity contribution in [1.29, 1.82) is 0 Å². The van der Waals surface area contributed by atoms with Gasteiger partial charge in [-0.15, -0.1) is 0 Å². The summed E-state index contributed by atoms with van der Waals surface area (Å²) in [6, 6.07) is 11.9. The molecular formula is C18H12F3N5OS. The smallest absolute Gasteiger partial charge is 0.284 e. The van der Waals surface area contributed by atoms with Crippen LogP contribution in [0.15, 0.2) is 58.4 Å². The summed E-state index contributed by atoms with van der Waals surface area (Å²) in [6.07, 6.45) is -3.30. The Morgan fingerprint density at radius 2 is 1.93 bits per heavy atom. The van der Waals surface area contributed by atoms with E-state index in [1.807, 2.05) is 0 Å². The molecule has 0 atom stereocenters. The number of thiazole rings is 1. The van der Waals surface area contributed by atoms with E-state index in [1.54, 1.807) is 36.4 Å². The minimum atomic E-state index is -4.77. The van der Waals surface area contributed by atoms with Crippen molar-refractivity contribution < 1.29 is 13.2 Å². The molecule has 3 aromatic heterocycles. The van der Waals surface area contributed by atoms with Crippen LogP contribution in [0.5, 0.6) is 0 Å². The van der Waals surface area contributed by atoms with Crippen LogP contribution in [0.4, 0.5) is 19.0 Å². The summed E-state index contributed by atoms with van der Waals surface area (Å²) in [5.74, 6) is 0.209. The molecule has 1 aromatic carbocycles. The van der Waals surface area contributed by atoms with Crippen molar-refractivity contribution in [3.63, 3.8) is 0 Å². The molecule has 4 rings (SSSR count). The second-order valence-corrected chi connectivity index (χ2v) is 6.86. The highest BCUT2D eigenvalue weighted by Crippen LogP contribution is 2.31. The maximum Gasteiger partial charge on any atom is 0.433 e. The highest BCUT2D eigenvalue weighted by atomic mass is 32.1. The predicted molar refractivity (Wildman–Crippen MR) is 101 cm³/mol. The van der Waals surface area contributed by atoms with E-state index in [-0.39, 0.29) is 16.7 Å². The van der Waals surface area contributed by atoms with E-state index in [4.69, 9.17) is 0 Å². The monoisotopic (exact) mass is 403 g/mol.